The van der Waals surface area contributed by atoms with Crippen molar-refractivity contribution in [2.45, 2.75) is 6.92 Å². The third-order valence-corrected chi connectivity index (χ3v) is 3.64. The Morgan fingerprint density at radius 1 is 1.18 bits per heavy atom. The van der Waals surface area contributed by atoms with Crippen LogP contribution < -0.4 is 10.1 Å². The lowest BCUT2D eigenvalue weighted by Gasteiger charge is -2.09. The molecule has 0 spiro atoms. The smallest absolute Gasteiger partial charge is 0.262 e. The van der Waals surface area contributed by atoms with Crippen LogP contribution in [0.2, 0.25) is 5.02 Å². The Balaban J connectivity index is 1.91. The minimum atomic E-state index is -0.320. The maximum absolute atomic E-state index is 11.8. The molecule has 0 aliphatic rings. The van der Waals surface area contributed by atoms with E-state index in [-0.39, 0.29) is 18.3 Å². The Kier molecular flexibility index (Phi) is 5.57. The number of amides is 1. The van der Waals surface area contributed by atoms with Gasteiger partial charge < -0.3 is 10.1 Å². The van der Waals surface area contributed by atoms with Crippen LogP contribution in [0.5, 0.6) is 5.75 Å². The second kappa shape index (κ2) is 7.42. The number of hydrogen-bond acceptors (Lipinski definition) is 3. The normalized spacial score (nSPS) is 10.1. The van der Waals surface area contributed by atoms with Crippen molar-refractivity contribution >= 4 is 44.9 Å². The van der Waals surface area contributed by atoms with Crippen LogP contribution in [-0.2, 0) is 4.79 Å². The van der Waals surface area contributed by atoms with Crippen LogP contribution in [0.25, 0.3) is 0 Å². The van der Waals surface area contributed by atoms with Crippen molar-refractivity contribution in [3.63, 3.8) is 0 Å². The fourth-order valence-electron chi connectivity index (χ4n) is 1.71. The number of nitrogens with one attached hydrogen (secondary N) is 1. The summed E-state index contributed by atoms with van der Waals surface area (Å²) in [6.45, 7) is 1.34. The number of halogens is 2. The molecule has 0 saturated carbocycles. The standard InChI is InChI=1S/C16H13BrClNO3/c1-10(20)11-2-5-13(6-3-11)22-9-16(21)19-15-7-4-12(17)8-14(15)18/h2-8H,9H2,1H3,(H,19,21). The Morgan fingerprint density at radius 2 is 1.86 bits per heavy atom. The minimum Gasteiger partial charge on any atom is -0.484 e. The molecule has 2 rings (SSSR count). The van der Waals surface area contributed by atoms with Crippen molar-refractivity contribution in [3.8, 4) is 5.75 Å². The van der Waals surface area contributed by atoms with Gasteiger partial charge in [0.1, 0.15) is 5.75 Å². The monoisotopic (exact) mass is 381 g/mol. The fraction of sp³-hybridized carbons (Fsp3) is 0.125. The van der Waals surface area contributed by atoms with Crippen LogP contribution in [0.15, 0.2) is 46.9 Å². The summed E-state index contributed by atoms with van der Waals surface area (Å²) < 4.78 is 6.19. The van der Waals surface area contributed by atoms with E-state index < -0.39 is 0 Å². The summed E-state index contributed by atoms with van der Waals surface area (Å²) in [6.07, 6.45) is 0. The van der Waals surface area contributed by atoms with E-state index in [0.717, 1.165) is 4.47 Å². The molecule has 2 aromatic rings. The van der Waals surface area contributed by atoms with Crippen molar-refractivity contribution in [2.75, 3.05) is 11.9 Å². The molecule has 0 unspecified atom stereocenters. The Bertz CT molecular complexity index is 701. The number of hydrogen-bond donors (Lipinski definition) is 1. The molecule has 1 amide bonds. The summed E-state index contributed by atoms with van der Waals surface area (Å²) in [4.78, 5) is 23.0. The van der Waals surface area contributed by atoms with Gasteiger partial charge in [0, 0.05) is 10.0 Å². The van der Waals surface area contributed by atoms with Crippen LogP contribution in [0, 0.1) is 0 Å². The predicted octanol–water partition coefficient (Wildman–Crippen LogP) is 4.32. The summed E-state index contributed by atoms with van der Waals surface area (Å²) in [6, 6.07) is 11.8. The van der Waals surface area contributed by atoms with E-state index in [1.807, 2.05) is 0 Å². The molecule has 0 aromatic heterocycles. The second-order valence-electron chi connectivity index (χ2n) is 4.54. The van der Waals surface area contributed by atoms with Crippen LogP contribution in [0.4, 0.5) is 5.69 Å². The molecule has 4 nitrogen and oxygen atoms in total. The summed E-state index contributed by atoms with van der Waals surface area (Å²) in [5.74, 6) is 0.177. The van der Waals surface area contributed by atoms with Gasteiger partial charge in [0.25, 0.3) is 5.91 Å². The van der Waals surface area contributed by atoms with E-state index in [2.05, 4.69) is 21.2 Å². The molecule has 1 N–H and O–H groups in total. The lowest BCUT2D eigenvalue weighted by Crippen LogP contribution is -2.20. The lowest BCUT2D eigenvalue weighted by molar-refractivity contribution is -0.118. The minimum absolute atomic E-state index is 0.0193. The summed E-state index contributed by atoms with van der Waals surface area (Å²) in [7, 11) is 0. The highest BCUT2D eigenvalue weighted by atomic mass is 79.9. The fourth-order valence-corrected chi connectivity index (χ4v) is 2.43. The Morgan fingerprint density at radius 3 is 2.45 bits per heavy atom. The summed E-state index contributed by atoms with van der Waals surface area (Å²) >= 11 is 9.31. The number of rotatable bonds is 5. The molecule has 0 aliphatic carbocycles. The largest absolute Gasteiger partial charge is 0.484 e. The average molecular weight is 383 g/mol. The van der Waals surface area contributed by atoms with E-state index >= 15 is 0 Å². The maximum atomic E-state index is 11.8. The van der Waals surface area contributed by atoms with E-state index in [4.69, 9.17) is 16.3 Å². The molecule has 0 heterocycles. The van der Waals surface area contributed by atoms with E-state index in [9.17, 15) is 9.59 Å². The number of ether oxygens (including phenoxy) is 1. The van der Waals surface area contributed by atoms with Crippen molar-refractivity contribution < 1.29 is 14.3 Å². The Hall–Kier alpha value is -1.85. The molecule has 0 aliphatic heterocycles. The van der Waals surface area contributed by atoms with Gasteiger partial charge in [-0.15, -0.1) is 0 Å². The van der Waals surface area contributed by atoms with Gasteiger partial charge in [0.05, 0.1) is 10.7 Å². The van der Waals surface area contributed by atoms with Crippen LogP contribution in [-0.4, -0.2) is 18.3 Å². The van der Waals surface area contributed by atoms with Crippen LogP contribution in [0.1, 0.15) is 17.3 Å². The quantitative estimate of drug-likeness (QED) is 0.783. The first-order valence-corrected chi connectivity index (χ1v) is 7.61. The Labute approximate surface area is 141 Å². The zero-order chi connectivity index (χ0) is 16.1. The van der Waals surface area contributed by atoms with E-state index in [0.29, 0.717) is 22.0 Å². The molecule has 22 heavy (non-hydrogen) atoms. The third-order valence-electron chi connectivity index (χ3n) is 2.84. The predicted molar refractivity (Wildman–Crippen MR) is 89.7 cm³/mol. The molecule has 2 aromatic carbocycles. The molecule has 0 saturated heterocycles. The first kappa shape index (κ1) is 16.5. The molecule has 0 atom stereocenters. The molecule has 6 heteroatoms. The van der Waals surface area contributed by atoms with Gasteiger partial charge in [0.2, 0.25) is 0 Å². The van der Waals surface area contributed by atoms with Gasteiger partial charge in [-0.25, -0.2) is 0 Å². The van der Waals surface area contributed by atoms with Crippen molar-refractivity contribution in [3.05, 3.63) is 57.5 Å². The zero-order valence-electron chi connectivity index (χ0n) is 11.7. The zero-order valence-corrected chi connectivity index (χ0v) is 14.1. The van der Waals surface area contributed by atoms with Crippen LogP contribution in [0.3, 0.4) is 0 Å². The molecule has 114 valence electrons. The number of Topliss-reactive ketones (excluding diaryl/α,β-unsaturated/α-hetero) is 1. The molecular formula is C16H13BrClNO3. The SMILES string of the molecule is CC(=O)c1ccc(OCC(=O)Nc2ccc(Br)cc2Cl)cc1. The van der Waals surface area contributed by atoms with Crippen molar-refractivity contribution in [1.29, 1.82) is 0 Å². The summed E-state index contributed by atoms with van der Waals surface area (Å²) in [5.41, 5.74) is 1.11. The average Bonchev–Trinajstić information content (AvgIpc) is 2.48. The first-order chi connectivity index (χ1) is 10.5. The highest BCUT2D eigenvalue weighted by Crippen LogP contribution is 2.25. The van der Waals surface area contributed by atoms with Gasteiger partial charge in [-0.05, 0) is 49.4 Å². The molecule has 0 fully saturated rings. The van der Waals surface area contributed by atoms with Gasteiger partial charge >= 0.3 is 0 Å². The number of benzene rings is 2. The topological polar surface area (TPSA) is 55.4 Å². The first-order valence-electron chi connectivity index (χ1n) is 6.44. The molecule has 0 bridgehead atoms. The maximum Gasteiger partial charge on any atom is 0.262 e. The van der Waals surface area contributed by atoms with Crippen LogP contribution >= 0.6 is 27.5 Å². The lowest BCUT2D eigenvalue weighted by atomic mass is 10.1. The van der Waals surface area contributed by atoms with Gasteiger partial charge in [-0.1, -0.05) is 27.5 Å². The van der Waals surface area contributed by atoms with Gasteiger partial charge in [-0.3, -0.25) is 9.59 Å². The summed E-state index contributed by atoms with van der Waals surface area (Å²) in [5, 5.41) is 3.10. The number of anilines is 1. The number of carbonyl (C=O) groups is 2. The molecular weight excluding hydrogens is 370 g/mol. The number of carbonyl (C=O) groups excluding carboxylic acids is 2. The van der Waals surface area contributed by atoms with Gasteiger partial charge in [-0.2, -0.15) is 0 Å². The van der Waals surface area contributed by atoms with Crippen molar-refractivity contribution in [2.24, 2.45) is 0 Å². The second-order valence-corrected chi connectivity index (χ2v) is 5.86. The van der Waals surface area contributed by atoms with E-state index in [1.54, 1.807) is 42.5 Å². The van der Waals surface area contributed by atoms with Crippen molar-refractivity contribution in [1.82, 2.24) is 0 Å². The number of ketones is 1. The highest BCUT2D eigenvalue weighted by Gasteiger charge is 2.07. The highest BCUT2D eigenvalue weighted by molar-refractivity contribution is 9.10. The molecule has 0 radical (unpaired) electrons. The van der Waals surface area contributed by atoms with Gasteiger partial charge in [0.15, 0.2) is 12.4 Å². The van der Waals surface area contributed by atoms with E-state index in [1.165, 1.54) is 6.92 Å². The third kappa shape index (κ3) is 4.58.